The predicted octanol–water partition coefficient (Wildman–Crippen LogP) is 2.69. The fraction of sp³-hybridized carbons (Fsp3) is 0.292. The van der Waals surface area contributed by atoms with Gasteiger partial charge < -0.3 is 9.88 Å². The van der Waals surface area contributed by atoms with Crippen LogP contribution in [0.4, 0.5) is 0 Å². The Morgan fingerprint density at radius 1 is 1.19 bits per heavy atom. The van der Waals surface area contributed by atoms with Crippen LogP contribution in [0.5, 0.6) is 0 Å². The van der Waals surface area contributed by atoms with Crippen molar-refractivity contribution in [2.24, 2.45) is 7.05 Å². The Morgan fingerprint density at radius 3 is 2.56 bits per heavy atom. The van der Waals surface area contributed by atoms with Crippen LogP contribution in [-0.4, -0.2) is 43.2 Å². The zero-order valence-electron chi connectivity index (χ0n) is 18.3. The van der Waals surface area contributed by atoms with Crippen molar-refractivity contribution < 1.29 is 18.0 Å². The van der Waals surface area contributed by atoms with Gasteiger partial charge in [-0.15, -0.1) is 0 Å². The van der Waals surface area contributed by atoms with Crippen LogP contribution in [0, 0.1) is 11.3 Å². The molecule has 164 valence electrons. The molecule has 0 atom stereocenters. The van der Waals surface area contributed by atoms with E-state index in [-0.39, 0.29) is 24.0 Å². The van der Waals surface area contributed by atoms with Crippen molar-refractivity contribution in [3.05, 3.63) is 69.9 Å². The molecule has 8 heteroatoms. The Bertz CT molecular complexity index is 1460. The number of nitrogens with zero attached hydrogens (tertiary/aromatic N) is 2. The Kier molecular flexibility index (Phi) is 4.98. The maximum atomic E-state index is 13.5. The van der Waals surface area contributed by atoms with Crippen molar-refractivity contribution in [1.82, 2.24) is 9.88 Å². The smallest absolute Gasteiger partial charge is 0.251 e. The van der Waals surface area contributed by atoms with Crippen LogP contribution in [-0.2, 0) is 22.3 Å². The summed E-state index contributed by atoms with van der Waals surface area (Å²) in [5.74, 6) is -0.646. The molecule has 7 nitrogen and oxygen atoms in total. The lowest BCUT2D eigenvalue weighted by Gasteiger charge is -2.34. The number of carbonyl (C=O) groups excluding carboxylic acids is 2. The molecule has 0 radical (unpaired) electrons. The molecule has 1 aliphatic carbocycles. The second-order valence-corrected chi connectivity index (χ2v) is 11.0. The number of carbonyl (C=O) groups is 2. The van der Waals surface area contributed by atoms with Gasteiger partial charge in [-0.2, -0.15) is 5.26 Å². The van der Waals surface area contributed by atoms with E-state index >= 15 is 0 Å². The van der Waals surface area contributed by atoms with E-state index in [1.807, 2.05) is 31.5 Å². The lowest BCUT2D eigenvalue weighted by Crippen LogP contribution is -2.33. The number of nitrogens with one attached hydrogen (secondary N) is 1. The van der Waals surface area contributed by atoms with Crippen LogP contribution < -0.4 is 5.32 Å². The lowest BCUT2D eigenvalue weighted by atomic mass is 9.70. The van der Waals surface area contributed by atoms with E-state index in [0.29, 0.717) is 22.3 Å². The van der Waals surface area contributed by atoms with E-state index < -0.39 is 15.3 Å². The van der Waals surface area contributed by atoms with Crippen LogP contribution in [0.25, 0.3) is 10.9 Å². The fourth-order valence-electron chi connectivity index (χ4n) is 4.58. The molecular weight excluding hydrogens is 426 g/mol. The number of rotatable bonds is 4. The molecule has 1 heterocycles. The summed E-state index contributed by atoms with van der Waals surface area (Å²) in [6.07, 6.45) is 1.12. The van der Waals surface area contributed by atoms with Crippen LogP contribution in [0.1, 0.15) is 56.9 Å². The summed E-state index contributed by atoms with van der Waals surface area (Å²) in [6, 6.07) is 12.4. The summed E-state index contributed by atoms with van der Waals surface area (Å²) in [5, 5.41) is 12.7. The molecule has 0 spiro atoms. The van der Waals surface area contributed by atoms with Crippen LogP contribution >= 0.6 is 0 Å². The number of hydrogen-bond donors (Lipinski definition) is 1. The lowest BCUT2D eigenvalue weighted by molar-refractivity contribution is 0.0954. The number of amides is 1. The topological polar surface area (TPSA) is 109 Å². The largest absolute Gasteiger partial charge is 0.351 e. The first-order chi connectivity index (χ1) is 15.0. The first-order valence-electron chi connectivity index (χ1n) is 10.1. The summed E-state index contributed by atoms with van der Waals surface area (Å²) >= 11 is 0. The zero-order chi connectivity index (χ0) is 23.4. The molecule has 4 rings (SSSR count). The van der Waals surface area contributed by atoms with E-state index in [1.54, 1.807) is 30.3 Å². The van der Waals surface area contributed by atoms with Crippen molar-refractivity contribution in [2.45, 2.75) is 19.3 Å². The summed E-state index contributed by atoms with van der Waals surface area (Å²) in [4.78, 5) is 26.1. The van der Waals surface area contributed by atoms with Gasteiger partial charge in [0, 0.05) is 47.5 Å². The molecular formula is C24H23N3O4S. The average Bonchev–Trinajstić information content (AvgIpc) is 3.04. The third-order valence-electron chi connectivity index (χ3n) is 6.11. The fourth-order valence-corrected chi connectivity index (χ4v) is 5.06. The number of fused-ring (bicyclic) bond motifs is 4. The van der Waals surface area contributed by atoms with Crippen LogP contribution in [0.2, 0.25) is 0 Å². The Labute approximate surface area is 186 Å². The van der Waals surface area contributed by atoms with Gasteiger partial charge in [-0.25, -0.2) is 8.42 Å². The highest BCUT2D eigenvalue weighted by atomic mass is 32.2. The summed E-state index contributed by atoms with van der Waals surface area (Å²) in [6.45, 7) is 4.03. The molecule has 2 aromatic carbocycles. The molecule has 0 aliphatic heterocycles. The van der Waals surface area contributed by atoms with E-state index in [0.717, 1.165) is 28.4 Å². The Morgan fingerprint density at radius 2 is 1.91 bits per heavy atom. The summed E-state index contributed by atoms with van der Waals surface area (Å²) in [5.41, 5.74) is 3.83. The quantitative estimate of drug-likeness (QED) is 0.659. The average molecular weight is 450 g/mol. The second-order valence-electron chi connectivity index (χ2n) is 8.73. The van der Waals surface area contributed by atoms with Gasteiger partial charge in [0.25, 0.3) is 5.91 Å². The maximum Gasteiger partial charge on any atom is 0.251 e. The van der Waals surface area contributed by atoms with Gasteiger partial charge in [0.05, 0.1) is 28.5 Å². The molecule has 0 saturated carbocycles. The van der Waals surface area contributed by atoms with Gasteiger partial charge in [-0.3, -0.25) is 9.59 Å². The first kappa shape index (κ1) is 21.8. The van der Waals surface area contributed by atoms with Crippen molar-refractivity contribution in [3.63, 3.8) is 0 Å². The molecule has 0 saturated heterocycles. The third-order valence-corrected chi connectivity index (χ3v) is 7.05. The number of sulfone groups is 1. The minimum Gasteiger partial charge on any atom is -0.351 e. The molecule has 32 heavy (non-hydrogen) atoms. The number of ketones is 1. The molecule has 1 aromatic heterocycles. The number of aryl methyl sites for hydroxylation is 1. The number of nitriles is 1. The van der Waals surface area contributed by atoms with Crippen molar-refractivity contribution >= 4 is 32.4 Å². The first-order valence-corrected chi connectivity index (χ1v) is 12.2. The SMILES string of the molecule is Cn1c2c(c3ccc(C#N)cc31)C(=O)c1ccc(C(=O)NCCS(C)(=O)=O)cc1C2(C)C. The molecule has 0 fully saturated rings. The molecule has 1 aliphatic rings. The van der Waals surface area contributed by atoms with Gasteiger partial charge >= 0.3 is 0 Å². The number of aromatic nitrogens is 1. The predicted molar refractivity (Wildman–Crippen MR) is 122 cm³/mol. The Hall–Kier alpha value is -3.44. The van der Waals surface area contributed by atoms with Gasteiger partial charge in [0.2, 0.25) is 0 Å². The van der Waals surface area contributed by atoms with E-state index in [2.05, 4.69) is 11.4 Å². The van der Waals surface area contributed by atoms with Crippen molar-refractivity contribution in [3.8, 4) is 6.07 Å². The van der Waals surface area contributed by atoms with Gasteiger partial charge in [0.15, 0.2) is 5.78 Å². The maximum absolute atomic E-state index is 13.5. The molecule has 1 amide bonds. The molecule has 0 unspecified atom stereocenters. The standard InChI is InChI=1S/C24H23N3O4S/c1-24(2)18-12-15(23(29)26-9-10-32(4,30)31)6-8-16(18)21(28)20-17-7-5-14(13-25)11-19(17)27(3)22(20)24/h5-8,11-12H,9-10H2,1-4H3,(H,26,29). The van der Waals surface area contributed by atoms with Gasteiger partial charge in [-0.1, -0.05) is 19.9 Å². The normalized spacial score (nSPS) is 14.5. The second kappa shape index (κ2) is 7.31. The minimum absolute atomic E-state index is 0.0195. The Balaban J connectivity index is 1.80. The highest BCUT2D eigenvalue weighted by Crippen LogP contribution is 2.45. The number of benzene rings is 2. The van der Waals surface area contributed by atoms with Crippen LogP contribution in [0.15, 0.2) is 36.4 Å². The molecule has 3 aromatic rings. The monoisotopic (exact) mass is 449 g/mol. The molecule has 0 bridgehead atoms. The third kappa shape index (κ3) is 3.39. The highest BCUT2D eigenvalue weighted by Gasteiger charge is 2.41. The van der Waals surface area contributed by atoms with Gasteiger partial charge in [-0.05, 0) is 35.9 Å². The zero-order valence-corrected chi connectivity index (χ0v) is 19.1. The molecule has 1 N–H and O–H groups in total. The highest BCUT2D eigenvalue weighted by molar-refractivity contribution is 7.90. The van der Waals surface area contributed by atoms with Crippen molar-refractivity contribution in [2.75, 3.05) is 18.6 Å². The van der Waals surface area contributed by atoms with E-state index in [4.69, 9.17) is 0 Å². The summed E-state index contributed by atoms with van der Waals surface area (Å²) < 4.78 is 24.6. The summed E-state index contributed by atoms with van der Waals surface area (Å²) in [7, 11) is -1.30. The van der Waals surface area contributed by atoms with E-state index in [9.17, 15) is 23.3 Å². The van der Waals surface area contributed by atoms with Crippen molar-refractivity contribution in [1.29, 1.82) is 5.26 Å². The van der Waals surface area contributed by atoms with Gasteiger partial charge in [0.1, 0.15) is 9.84 Å². The minimum atomic E-state index is -3.18. The van der Waals surface area contributed by atoms with E-state index in [1.165, 1.54) is 0 Å². The van der Waals surface area contributed by atoms with Crippen LogP contribution in [0.3, 0.4) is 0 Å². The number of hydrogen-bond acceptors (Lipinski definition) is 5.